The molecule has 14 heavy (non-hydrogen) atoms. The molecule has 0 aromatic carbocycles. The molecule has 0 rings (SSSR count). The van der Waals surface area contributed by atoms with Crippen LogP contribution in [0.2, 0.25) is 0 Å². The minimum absolute atomic E-state index is 0.792. The maximum atomic E-state index is 9.15. The van der Waals surface area contributed by atoms with E-state index in [2.05, 4.69) is 0 Å². The third kappa shape index (κ3) is 3.46. The minimum atomic E-state index is -1.85. The van der Waals surface area contributed by atoms with Gasteiger partial charge in [0.05, 0.1) is 13.2 Å². The lowest BCUT2D eigenvalue weighted by molar-refractivity contribution is -0.145. The summed E-state index contributed by atoms with van der Waals surface area (Å²) in [6.45, 7) is -1.58. The SMILES string of the molecule is OCC(O)[C@@H](O)[C@@H](O)[C@@H](O)[C@H](O)CO. The number of rotatable bonds is 6. The summed E-state index contributed by atoms with van der Waals surface area (Å²) < 4.78 is 0. The maximum Gasteiger partial charge on any atom is 0.111 e. The Hall–Kier alpha value is -0.280. The van der Waals surface area contributed by atoms with Crippen LogP contribution in [0.4, 0.5) is 0 Å². The minimum Gasteiger partial charge on any atom is -0.394 e. The van der Waals surface area contributed by atoms with E-state index in [1.807, 2.05) is 0 Å². The molecule has 0 aromatic heterocycles. The molecule has 7 heteroatoms. The fraction of sp³-hybridized carbons (Fsp3) is 1.00. The molecule has 7 nitrogen and oxygen atoms in total. The topological polar surface area (TPSA) is 142 Å². The molecule has 0 bridgehead atoms. The van der Waals surface area contributed by atoms with Crippen molar-refractivity contribution in [2.45, 2.75) is 30.5 Å². The molecular weight excluding hydrogens is 196 g/mol. The molecule has 5 atom stereocenters. The number of hydrogen-bond acceptors (Lipinski definition) is 7. The fourth-order valence-electron chi connectivity index (χ4n) is 0.873. The fourth-order valence-corrected chi connectivity index (χ4v) is 0.873. The van der Waals surface area contributed by atoms with Crippen molar-refractivity contribution >= 4 is 0 Å². The van der Waals surface area contributed by atoms with Gasteiger partial charge in [0.15, 0.2) is 0 Å². The van der Waals surface area contributed by atoms with E-state index in [0.717, 1.165) is 0 Å². The molecule has 7 N–H and O–H groups in total. The second-order valence-corrected chi connectivity index (χ2v) is 2.97. The molecule has 0 amide bonds. The average Bonchev–Trinajstić information content (AvgIpc) is 2.23. The van der Waals surface area contributed by atoms with Gasteiger partial charge in [-0.25, -0.2) is 0 Å². The molecule has 0 aliphatic heterocycles. The van der Waals surface area contributed by atoms with Crippen molar-refractivity contribution in [1.29, 1.82) is 0 Å². The quantitative estimate of drug-likeness (QED) is 0.236. The van der Waals surface area contributed by atoms with Gasteiger partial charge in [0.1, 0.15) is 30.5 Å². The van der Waals surface area contributed by atoms with Gasteiger partial charge in [-0.2, -0.15) is 0 Å². The van der Waals surface area contributed by atoms with Gasteiger partial charge in [0, 0.05) is 0 Å². The summed E-state index contributed by atoms with van der Waals surface area (Å²) in [5.41, 5.74) is 0. The summed E-state index contributed by atoms with van der Waals surface area (Å²) >= 11 is 0. The largest absolute Gasteiger partial charge is 0.394 e. The van der Waals surface area contributed by atoms with E-state index in [9.17, 15) is 0 Å². The van der Waals surface area contributed by atoms with Crippen molar-refractivity contribution in [3.63, 3.8) is 0 Å². The van der Waals surface area contributed by atoms with E-state index < -0.39 is 43.7 Å². The zero-order valence-electron chi connectivity index (χ0n) is 7.43. The van der Waals surface area contributed by atoms with Gasteiger partial charge in [-0.15, -0.1) is 0 Å². The summed E-state index contributed by atoms with van der Waals surface area (Å²) in [6, 6.07) is 0. The van der Waals surface area contributed by atoms with Gasteiger partial charge >= 0.3 is 0 Å². The second kappa shape index (κ2) is 6.25. The van der Waals surface area contributed by atoms with Crippen LogP contribution in [0.1, 0.15) is 0 Å². The van der Waals surface area contributed by atoms with Crippen molar-refractivity contribution < 1.29 is 35.7 Å². The van der Waals surface area contributed by atoms with E-state index in [-0.39, 0.29) is 0 Å². The summed E-state index contributed by atoms with van der Waals surface area (Å²) in [5.74, 6) is 0. The zero-order valence-corrected chi connectivity index (χ0v) is 7.43. The Kier molecular flexibility index (Phi) is 6.12. The molecule has 0 radical (unpaired) electrons. The van der Waals surface area contributed by atoms with Crippen LogP contribution in [-0.4, -0.2) is 79.5 Å². The van der Waals surface area contributed by atoms with Crippen LogP contribution in [0.5, 0.6) is 0 Å². The first-order valence-corrected chi connectivity index (χ1v) is 4.07. The maximum absolute atomic E-state index is 9.15. The number of hydrogen-bond donors (Lipinski definition) is 7. The van der Waals surface area contributed by atoms with Gasteiger partial charge in [-0.05, 0) is 0 Å². The van der Waals surface area contributed by atoms with E-state index in [4.69, 9.17) is 35.7 Å². The lowest BCUT2D eigenvalue weighted by atomic mass is 10.00. The highest BCUT2D eigenvalue weighted by molar-refractivity contribution is 4.84. The lowest BCUT2D eigenvalue weighted by Crippen LogP contribution is -2.50. The highest BCUT2D eigenvalue weighted by Crippen LogP contribution is 2.07. The molecule has 0 spiro atoms. The molecule has 0 aliphatic carbocycles. The summed E-state index contributed by atoms with van der Waals surface area (Å²) in [4.78, 5) is 0. The Morgan fingerprint density at radius 3 is 1.07 bits per heavy atom. The summed E-state index contributed by atoms with van der Waals surface area (Å²) in [5, 5.41) is 61.9. The monoisotopic (exact) mass is 212 g/mol. The van der Waals surface area contributed by atoms with Gasteiger partial charge in [-0.3, -0.25) is 0 Å². The van der Waals surface area contributed by atoms with E-state index in [1.54, 1.807) is 0 Å². The molecule has 0 fully saturated rings. The normalized spacial score (nSPS) is 22.5. The highest BCUT2D eigenvalue weighted by atomic mass is 16.4. The van der Waals surface area contributed by atoms with E-state index >= 15 is 0 Å². The smallest absolute Gasteiger partial charge is 0.111 e. The molecule has 0 heterocycles. The molecule has 0 saturated carbocycles. The average molecular weight is 212 g/mol. The van der Waals surface area contributed by atoms with Gasteiger partial charge in [0.2, 0.25) is 0 Å². The molecule has 1 unspecified atom stereocenters. The highest BCUT2D eigenvalue weighted by Gasteiger charge is 2.33. The molecule has 0 aromatic rings. The first-order chi connectivity index (χ1) is 6.45. The lowest BCUT2D eigenvalue weighted by Gasteiger charge is -2.27. The third-order valence-corrected chi connectivity index (χ3v) is 1.86. The Bertz CT molecular complexity index is 137. The van der Waals surface area contributed by atoms with Crippen LogP contribution >= 0.6 is 0 Å². The van der Waals surface area contributed by atoms with Crippen molar-refractivity contribution in [3.8, 4) is 0 Å². The van der Waals surface area contributed by atoms with Crippen molar-refractivity contribution in [1.82, 2.24) is 0 Å². The molecule has 0 saturated heterocycles. The van der Waals surface area contributed by atoms with Crippen LogP contribution < -0.4 is 0 Å². The summed E-state index contributed by atoms with van der Waals surface area (Å²) in [6.07, 6.45) is -8.68. The molecule has 0 aliphatic rings. The van der Waals surface area contributed by atoms with Crippen LogP contribution in [-0.2, 0) is 0 Å². The van der Waals surface area contributed by atoms with Gasteiger partial charge in [0.25, 0.3) is 0 Å². The van der Waals surface area contributed by atoms with Gasteiger partial charge in [-0.1, -0.05) is 0 Å². The van der Waals surface area contributed by atoms with Crippen LogP contribution in [0.15, 0.2) is 0 Å². The third-order valence-electron chi connectivity index (χ3n) is 1.86. The molecule has 86 valence electrons. The van der Waals surface area contributed by atoms with Crippen molar-refractivity contribution in [2.75, 3.05) is 13.2 Å². The zero-order chi connectivity index (χ0) is 11.3. The van der Waals surface area contributed by atoms with E-state index in [1.165, 1.54) is 0 Å². The predicted octanol–water partition coefficient (Wildman–Crippen LogP) is -4.22. The van der Waals surface area contributed by atoms with Crippen LogP contribution in [0.3, 0.4) is 0 Å². The Morgan fingerprint density at radius 2 is 0.857 bits per heavy atom. The Balaban J connectivity index is 4.22. The first-order valence-electron chi connectivity index (χ1n) is 4.07. The van der Waals surface area contributed by atoms with Crippen LogP contribution in [0, 0.1) is 0 Å². The standard InChI is InChI=1S/C7H16O7/c8-1-3(10)5(12)7(14)6(13)4(11)2-9/h3-14H,1-2H2/t3-,4?,5+,6-,7+/m1/s1. The van der Waals surface area contributed by atoms with Crippen molar-refractivity contribution in [3.05, 3.63) is 0 Å². The predicted molar refractivity (Wildman–Crippen MR) is 44.2 cm³/mol. The van der Waals surface area contributed by atoms with E-state index in [0.29, 0.717) is 0 Å². The second-order valence-electron chi connectivity index (χ2n) is 2.97. The van der Waals surface area contributed by atoms with Gasteiger partial charge < -0.3 is 35.7 Å². The number of aliphatic hydroxyl groups excluding tert-OH is 7. The van der Waals surface area contributed by atoms with Crippen molar-refractivity contribution in [2.24, 2.45) is 0 Å². The first kappa shape index (κ1) is 13.7. The molecular formula is C7H16O7. The Labute approximate surface area is 80.5 Å². The van der Waals surface area contributed by atoms with Crippen LogP contribution in [0.25, 0.3) is 0 Å². The number of aliphatic hydroxyl groups is 7. The Morgan fingerprint density at radius 1 is 0.571 bits per heavy atom. The summed E-state index contributed by atoms with van der Waals surface area (Å²) in [7, 11) is 0.